The molecule has 1 aliphatic rings. The van der Waals surface area contributed by atoms with Gasteiger partial charge in [-0.25, -0.2) is 0 Å². The van der Waals surface area contributed by atoms with Crippen molar-refractivity contribution in [3.05, 3.63) is 29.1 Å². The molecule has 0 atom stereocenters. The molecule has 0 aromatic carbocycles. The highest BCUT2D eigenvalue weighted by molar-refractivity contribution is 6.03. The van der Waals surface area contributed by atoms with Crippen LogP contribution < -0.4 is 11.5 Å². The highest BCUT2D eigenvalue weighted by atomic mass is 15.3. The van der Waals surface area contributed by atoms with Crippen molar-refractivity contribution in [3.8, 4) is 0 Å². The van der Waals surface area contributed by atoms with Gasteiger partial charge in [0, 0.05) is 17.5 Å². The molecule has 0 saturated heterocycles. The maximum Gasteiger partial charge on any atom is 0.211 e. The molecule has 0 aliphatic heterocycles. The second-order valence-electron chi connectivity index (χ2n) is 3.87. The molecule has 1 aromatic rings. The Morgan fingerprint density at radius 3 is 2.94 bits per heavy atom. The molecule has 1 heterocycles. The highest BCUT2D eigenvalue weighted by Crippen LogP contribution is 2.22. The fourth-order valence-corrected chi connectivity index (χ4v) is 1.96. The minimum absolute atomic E-state index is 0.0128. The molecule has 5 nitrogen and oxygen atoms in total. The lowest BCUT2D eigenvalue weighted by Gasteiger charge is -2.17. The zero-order valence-electron chi connectivity index (χ0n) is 9.27. The Labute approximate surface area is 94.3 Å². The first-order valence-corrected chi connectivity index (χ1v) is 5.29. The molecular formula is C11H15N5. The number of hydrogen-bond donors (Lipinski definition) is 2. The largest absolute Gasteiger partial charge is 0.369 e. The molecule has 4 N–H and O–H groups in total. The molecule has 1 aromatic heterocycles. The van der Waals surface area contributed by atoms with Crippen molar-refractivity contribution in [2.45, 2.75) is 26.2 Å². The minimum atomic E-state index is -0.0128. The van der Waals surface area contributed by atoms with Gasteiger partial charge >= 0.3 is 0 Å². The number of hydrogen-bond acceptors (Lipinski definition) is 3. The van der Waals surface area contributed by atoms with Crippen molar-refractivity contribution in [3.63, 3.8) is 0 Å². The van der Waals surface area contributed by atoms with E-state index in [1.54, 1.807) is 0 Å². The van der Waals surface area contributed by atoms with E-state index < -0.39 is 0 Å². The second kappa shape index (κ2) is 4.30. The summed E-state index contributed by atoms with van der Waals surface area (Å²) in [4.78, 5) is 4.37. The Hall–Kier alpha value is -1.91. The van der Waals surface area contributed by atoms with Gasteiger partial charge in [-0.2, -0.15) is 5.10 Å². The molecule has 0 amide bonds. The van der Waals surface area contributed by atoms with Gasteiger partial charge in [0.2, 0.25) is 5.96 Å². The predicted octanol–water partition coefficient (Wildman–Crippen LogP) is 0.704. The van der Waals surface area contributed by atoms with E-state index in [0.717, 1.165) is 36.2 Å². The zero-order chi connectivity index (χ0) is 11.5. The van der Waals surface area contributed by atoms with Gasteiger partial charge in [0.15, 0.2) is 0 Å². The van der Waals surface area contributed by atoms with Crippen LogP contribution in [0.15, 0.2) is 22.5 Å². The maximum atomic E-state index is 5.27. The van der Waals surface area contributed by atoms with E-state index in [-0.39, 0.29) is 5.96 Å². The molecule has 0 radical (unpaired) electrons. The summed E-state index contributed by atoms with van der Waals surface area (Å²) in [5.41, 5.74) is 14.9. The summed E-state index contributed by atoms with van der Waals surface area (Å²) in [7, 11) is 0. The number of pyridine rings is 1. The third-order valence-corrected chi connectivity index (χ3v) is 2.64. The Kier molecular flexibility index (Phi) is 2.85. The molecular weight excluding hydrogens is 202 g/mol. The van der Waals surface area contributed by atoms with E-state index in [4.69, 9.17) is 11.5 Å². The summed E-state index contributed by atoms with van der Waals surface area (Å²) >= 11 is 0. The SMILES string of the molecule is Cc1ccnc2c1C(=NN=C(N)N)CCC2. The van der Waals surface area contributed by atoms with Crippen LogP contribution in [0.1, 0.15) is 29.7 Å². The normalized spacial score (nSPS) is 16.9. The first kappa shape index (κ1) is 10.6. The molecule has 0 fully saturated rings. The molecule has 1 aliphatic carbocycles. The number of nitrogens with zero attached hydrogens (tertiary/aromatic N) is 3. The Bertz CT molecular complexity index is 457. The quantitative estimate of drug-likeness (QED) is 0.412. The van der Waals surface area contributed by atoms with Crippen LogP contribution >= 0.6 is 0 Å². The van der Waals surface area contributed by atoms with Crippen LogP contribution in [0.25, 0.3) is 0 Å². The van der Waals surface area contributed by atoms with E-state index in [2.05, 4.69) is 22.1 Å². The summed E-state index contributed by atoms with van der Waals surface area (Å²) in [6, 6.07) is 1.98. The fraction of sp³-hybridized carbons (Fsp3) is 0.364. The minimum Gasteiger partial charge on any atom is -0.369 e. The lowest BCUT2D eigenvalue weighted by atomic mass is 9.91. The van der Waals surface area contributed by atoms with Crippen molar-refractivity contribution in [1.82, 2.24) is 4.98 Å². The van der Waals surface area contributed by atoms with E-state index >= 15 is 0 Å². The fourth-order valence-electron chi connectivity index (χ4n) is 1.96. The number of aromatic nitrogens is 1. The van der Waals surface area contributed by atoms with Gasteiger partial charge in [0.25, 0.3) is 0 Å². The van der Waals surface area contributed by atoms with Crippen LogP contribution in [0.4, 0.5) is 0 Å². The van der Waals surface area contributed by atoms with Crippen LogP contribution in [0, 0.1) is 6.92 Å². The molecule has 0 unspecified atom stereocenters. The number of aryl methyl sites for hydroxylation is 2. The zero-order valence-corrected chi connectivity index (χ0v) is 9.27. The first-order valence-electron chi connectivity index (χ1n) is 5.29. The number of nitrogens with two attached hydrogens (primary N) is 2. The van der Waals surface area contributed by atoms with Gasteiger partial charge in [-0.1, -0.05) is 0 Å². The third-order valence-electron chi connectivity index (χ3n) is 2.64. The molecule has 0 saturated carbocycles. The van der Waals surface area contributed by atoms with Gasteiger partial charge in [0.05, 0.1) is 5.71 Å². The average molecular weight is 217 g/mol. The van der Waals surface area contributed by atoms with Gasteiger partial charge in [-0.05, 0) is 37.8 Å². The van der Waals surface area contributed by atoms with E-state index in [0.29, 0.717) is 0 Å². The van der Waals surface area contributed by atoms with Gasteiger partial charge in [-0.15, -0.1) is 5.10 Å². The van der Waals surface area contributed by atoms with Gasteiger partial charge in [-0.3, -0.25) is 4.98 Å². The molecule has 5 heteroatoms. The lowest BCUT2D eigenvalue weighted by molar-refractivity contribution is 0.802. The maximum absolute atomic E-state index is 5.27. The second-order valence-corrected chi connectivity index (χ2v) is 3.87. The van der Waals surface area contributed by atoms with E-state index in [9.17, 15) is 0 Å². The molecule has 2 rings (SSSR count). The summed E-state index contributed by atoms with van der Waals surface area (Å²) in [5.74, 6) is -0.0128. The monoisotopic (exact) mass is 217 g/mol. The average Bonchev–Trinajstić information content (AvgIpc) is 2.26. The van der Waals surface area contributed by atoms with E-state index in [1.165, 1.54) is 5.56 Å². The van der Waals surface area contributed by atoms with Crippen LogP contribution in [-0.4, -0.2) is 16.7 Å². The Balaban J connectivity index is 2.47. The molecule has 0 spiro atoms. The molecule has 16 heavy (non-hydrogen) atoms. The molecule has 0 bridgehead atoms. The van der Waals surface area contributed by atoms with Crippen molar-refractivity contribution in [1.29, 1.82) is 0 Å². The Morgan fingerprint density at radius 2 is 2.19 bits per heavy atom. The molecule has 84 valence electrons. The summed E-state index contributed by atoms with van der Waals surface area (Å²) in [5, 5.41) is 7.82. The topological polar surface area (TPSA) is 89.6 Å². The van der Waals surface area contributed by atoms with Gasteiger partial charge < -0.3 is 11.5 Å². The summed E-state index contributed by atoms with van der Waals surface area (Å²) in [6.07, 6.45) is 4.77. The lowest BCUT2D eigenvalue weighted by Crippen LogP contribution is -2.22. The third kappa shape index (κ3) is 2.03. The predicted molar refractivity (Wildman–Crippen MR) is 64.3 cm³/mol. The first-order chi connectivity index (χ1) is 7.68. The van der Waals surface area contributed by atoms with Crippen molar-refractivity contribution < 1.29 is 0 Å². The number of guanidine groups is 1. The van der Waals surface area contributed by atoms with Crippen LogP contribution in [0.5, 0.6) is 0 Å². The van der Waals surface area contributed by atoms with Crippen LogP contribution in [0.2, 0.25) is 0 Å². The summed E-state index contributed by atoms with van der Waals surface area (Å²) in [6.45, 7) is 2.05. The number of rotatable bonds is 1. The van der Waals surface area contributed by atoms with Crippen molar-refractivity contribution in [2.75, 3.05) is 0 Å². The van der Waals surface area contributed by atoms with Crippen LogP contribution in [-0.2, 0) is 6.42 Å². The van der Waals surface area contributed by atoms with Crippen molar-refractivity contribution >= 4 is 11.7 Å². The van der Waals surface area contributed by atoms with Crippen LogP contribution in [0.3, 0.4) is 0 Å². The Morgan fingerprint density at radius 1 is 1.38 bits per heavy atom. The van der Waals surface area contributed by atoms with E-state index in [1.807, 2.05) is 12.3 Å². The smallest absolute Gasteiger partial charge is 0.211 e. The summed E-state index contributed by atoms with van der Waals surface area (Å²) < 4.78 is 0. The van der Waals surface area contributed by atoms with Gasteiger partial charge in [0.1, 0.15) is 0 Å². The number of fused-ring (bicyclic) bond motifs is 1. The highest BCUT2D eigenvalue weighted by Gasteiger charge is 2.18. The van der Waals surface area contributed by atoms with Crippen molar-refractivity contribution in [2.24, 2.45) is 21.7 Å². The standard InChI is InChI=1S/C11H15N5/c1-7-5-6-14-8-3-2-4-9(10(7)8)15-16-11(12)13/h5-6H,2-4H2,1H3,(H4,12,13,16).